The smallest absolute Gasteiger partial charge is 0.342 e. The van der Waals surface area contributed by atoms with Crippen molar-refractivity contribution in [3.63, 3.8) is 0 Å². The molecule has 0 aliphatic carbocycles. The van der Waals surface area contributed by atoms with Crippen LogP contribution >= 0.6 is 0 Å². The zero-order valence-electron chi connectivity index (χ0n) is 9.23. The van der Waals surface area contributed by atoms with Crippen LogP contribution < -0.4 is 0 Å². The van der Waals surface area contributed by atoms with Crippen LogP contribution in [0.2, 0.25) is 0 Å². The zero-order chi connectivity index (χ0) is 12.3. The van der Waals surface area contributed by atoms with Crippen LogP contribution in [0.4, 0.5) is 0 Å². The molecule has 0 amide bonds. The summed E-state index contributed by atoms with van der Waals surface area (Å²) in [6.45, 7) is 5.35. The predicted octanol–water partition coefficient (Wildman–Crippen LogP) is 2.17. The SMILES string of the molecule is C=CC(C)c1c(O)ccc(O)c1C(=O)OC. The first-order chi connectivity index (χ1) is 7.52. The molecule has 0 spiro atoms. The molecule has 4 nitrogen and oxygen atoms in total. The van der Waals surface area contributed by atoms with Gasteiger partial charge in [-0.25, -0.2) is 4.79 Å². The molecule has 1 rings (SSSR count). The molecule has 86 valence electrons. The number of benzene rings is 1. The van der Waals surface area contributed by atoms with Crippen LogP contribution in [-0.4, -0.2) is 23.3 Å². The fourth-order valence-corrected chi connectivity index (χ4v) is 1.49. The molecule has 4 heteroatoms. The molecule has 1 unspecified atom stereocenters. The molecular weight excluding hydrogens is 208 g/mol. The van der Waals surface area contributed by atoms with E-state index >= 15 is 0 Å². The number of carbonyl (C=O) groups excluding carboxylic acids is 1. The maximum absolute atomic E-state index is 11.5. The molecule has 0 aliphatic heterocycles. The standard InChI is InChI=1S/C12H14O4/c1-4-7(2)10-8(13)5-6-9(14)11(10)12(15)16-3/h4-7,13-14H,1H2,2-3H3. The first-order valence-electron chi connectivity index (χ1n) is 4.78. The number of aromatic hydroxyl groups is 2. The van der Waals surface area contributed by atoms with Crippen molar-refractivity contribution in [2.45, 2.75) is 12.8 Å². The Morgan fingerprint density at radius 3 is 2.50 bits per heavy atom. The van der Waals surface area contributed by atoms with Gasteiger partial charge >= 0.3 is 5.97 Å². The van der Waals surface area contributed by atoms with E-state index in [1.807, 2.05) is 0 Å². The van der Waals surface area contributed by atoms with Gasteiger partial charge in [-0.15, -0.1) is 6.58 Å². The maximum Gasteiger partial charge on any atom is 0.342 e. The topological polar surface area (TPSA) is 66.8 Å². The highest BCUT2D eigenvalue weighted by atomic mass is 16.5. The van der Waals surface area contributed by atoms with Crippen LogP contribution in [0, 0.1) is 0 Å². The van der Waals surface area contributed by atoms with E-state index in [4.69, 9.17) is 0 Å². The summed E-state index contributed by atoms with van der Waals surface area (Å²) in [4.78, 5) is 11.5. The number of phenolic OH excluding ortho intramolecular Hbond substituents is 2. The molecule has 0 saturated carbocycles. The number of phenols is 2. The second kappa shape index (κ2) is 4.70. The normalized spacial score (nSPS) is 11.9. The molecule has 1 aromatic carbocycles. The zero-order valence-corrected chi connectivity index (χ0v) is 9.23. The van der Waals surface area contributed by atoms with E-state index in [1.54, 1.807) is 13.0 Å². The van der Waals surface area contributed by atoms with E-state index in [0.717, 1.165) is 0 Å². The van der Waals surface area contributed by atoms with E-state index in [9.17, 15) is 15.0 Å². The van der Waals surface area contributed by atoms with Crippen LogP contribution in [0.1, 0.15) is 28.8 Å². The Kier molecular flexibility index (Phi) is 3.55. The van der Waals surface area contributed by atoms with Crippen molar-refractivity contribution < 1.29 is 19.7 Å². The van der Waals surface area contributed by atoms with Crippen LogP contribution in [-0.2, 0) is 4.74 Å². The molecule has 0 aromatic heterocycles. The molecule has 1 aromatic rings. The third kappa shape index (κ3) is 2.00. The minimum atomic E-state index is -0.683. The van der Waals surface area contributed by atoms with E-state index in [0.29, 0.717) is 5.56 Å². The lowest BCUT2D eigenvalue weighted by Crippen LogP contribution is -2.08. The van der Waals surface area contributed by atoms with Gasteiger partial charge in [0.15, 0.2) is 0 Å². The number of allylic oxidation sites excluding steroid dienone is 1. The summed E-state index contributed by atoms with van der Waals surface area (Å²) in [7, 11) is 1.22. The number of ether oxygens (including phenoxy) is 1. The average molecular weight is 222 g/mol. The van der Waals surface area contributed by atoms with Crippen molar-refractivity contribution >= 4 is 5.97 Å². The van der Waals surface area contributed by atoms with Gasteiger partial charge in [0, 0.05) is 11.5 Å². The summed E-state index contributed by atoms with van der Waals surface area (Å²) >= 11 is 0. The van der Waals surface area contributed by atoms with E-state index in [1.165, 1.54) is 19.2 Å². The lowest BCUT2D eigenvalue weighted by Gasteiger charge is -2.14. The van der Waals surface area contributed by atoms with Gasteiger partial charge in [-0.05, 0) is 12.1 Å². The van der Waals surface area contributed by atoms with Gasteiger partial charge < -0.3 is 14.9 Å². The number of hydrogen-bond acceptors (Lipinski definition) is 4. The minimum Gasteiger partial charge on any atom is -0.508 e. The fourth-order valence-electron chi connectivity index (χ4n) is 1.49. The lowest BCUT2D eigenvalue weighted by molar-refractivity contribution is 0.0595. The molecule has 0 saturated heterocycles. The number of methoxy groups -OCH3 is 1. The summed E-state index contributed by atoms with van der Waals surface area (Å²) in [5, 5.41) is 19.3. The molecular formula is C12H14O4. The van der Waals surface area contributed by atoms with Crippen LogP contribution in [0.25, 0.3) is 0 Å². The highest BCUT2D eigenvalue weighted by molar-refractivity contribution is 5.95. The van der Waals surface area contributed by atoms with E-state index in [2.05, 4.69) is 11.3 Å². The second-order valence-corrected chi connectivity index (χ2v) is 3.41. The third-order valence-electron chi connectivity index (χ3n) is 2.40. The number of esters is 1. The maximum atomic E-state index is 11.5. The second-order valence-electron chi connectivity index (χ2n) is 3.41. The van der Waals surface area contributed by atoms with Gasteiger partial charge in [0.25, 0.3) is 0 Å². The van der Waals surface area contributed by atoms with Crippen LogP contribution in [0.3, 0.4) is 0 Å². The van der Waals surface area contributed by atoms with Gasteiger partial charge in [0.05, 0.1) is 7.11 Å². The molecule has 0 heterocycles. The lowest BCUT2D eigenvalue weighted by atomic mass is 9.94. The van der Waals surface area contributed by atoms with Gasteiger partial charge in [0.2, 0.25) is 0 Å². The third-order valence-corrected chi connectivity index (χ3v) is 2.40. The molecule has 0 fully saturated rings. The Morgan fingerprint density at radius 1 is 1.44 bits per heavy atom. The highest BCUT2D eigenvalue weighted by Crippen LogP contribution is 2.35. The molecule has 1 atom stereocenters. The molecule has 0 aliphatic rings. The Labute approximate surface area is 93.8 Å². The summed E-state index contributed by atoms with van der Waals surface area (Å²) in [5.74, 6) is -1.22. The summed E-state index contributed by atoms with van der Waals surface area (Å²) < 4.78 is 4.56. The van der Waals surface area contributed by atoms with Crippen molar-refractivity contribution in [1.29, 1.82) is 0 Å². The van der Waals surface area contributed by atoms with Crippen molar-refractivity contribution in [3.8, 4) is 11.5 Å². The van der Waals surface area contributed by atoms with Gasteiger partial charge in [-0.2, -0.15) is 0 Å². The van der Waals surface area contributed by atoms with Gasteiger partial charge in [-0.3, -0.25) is 0 Å². The molecule has 16 heavy (non-hydrogen) atoms. The molecule has 2 N–H and O–H groups in total. The largest absolute Gasteiger partial charge is 0.508 e. The fraction of sp³-hybridized carbons (Fsp3) is 0.250. The minimum absolute atomic E-state index is 0.0186. The Bertz CT molecular complexity index is 423. The molecule has 0 radical (unpaired) electrons. The number of hydrogen-bond donors (Lipinski definition) is 2. The van der Waals surface area contributed by atoms with Gasteiger partial charge in [0.1, 0.15) is 17.1 Å². The highest BCUT2D eigenvalue weighted by Gasteiger charge is 2.22. The van der Waals surface area contributed by atoms with Gasteiger partial charge in [-0.1, -0.05) is 13.0 Å². The average Bonchev–Trinajstić information content (AvgIpc) is 2.29. The van der Waals surface area contributed by atoms with Crippen molar-refractivity contribution in [2.75, 3.05) is 7.11 Å². The molecule has 0 bridgehead atoms. The first kappa shape index (κ1) is 12.1. The monoisotopic (exact) mass is 222 g/mol. The number of carbonyl (C=O) groups is 1. The van der Waals surface area contributed by atoms with Crippen molar-refractivity contribution in [1.82, 2.24) is 0 Å². The summed E-state index contributed by atoms with van der Waals surface area (Å²) in [6, 6.07) is 2.58. The Hall–Kier alpha value is -1.97. The predicted molar refractivity (Wildman–Crippen MR) is 59.7 cm³/mol. The van der Waals surface area contributed by atoms with E-state index in [-0.39, 0.29) is 23.0 Å². The van der Waals surface area contributed by atoms with Crippen molar-refractivity contribution in [3.05, 3.63) is 35.9 Å². The summed E-state index contributed by atoms with van der Waals surface area (Å²) in [6.07, 6.45) is 1.57. The van der Waals surface area contributed by atoms with Crippen LogP contribution in [0.15, 0.2) is 24.8 Å². The van der Waals surface area contributed by atoms with Crippen LogP contribution in [0.5, 0.6) is 11.5 Å². The Balaban J connectivity index is 3.48. The number of rotatable bonds is 3. The van der Waals surface area contributed by atoms with Crippen molar-refractivity contribution in [2.24, 2.45) is 0 Å². The van der Waals surface area contributed by atoms with E-state index < -0.39 is 5.97 Å². The summed E-state index contributed by atoms with van der Waals surface area (Å²) in [5.41, 5.74) is 0.303. The first-order valence-corrected chi connectivity index (χ1v) is 4.78. The Morgan fingerprint density at radius 2 is 2.00 bits per heavy atom. The quantitative estimate of drug-likeness (QED) is 0.467.